The van der Waals surface area contributed by atoms with Gasteiger partial charge in [-0.2, -0.15) is 0 Å². The number of aliphatic carboxylic acids is 1. The van der Waals surface area contributed by atoms with Gasteiger partial charge >= 0.3 is 5.97 Å². The van der Waals surface area contributed by atoms with Crippen LogP contribution in [-0.4, -0.2) is 52.3 Å². The predicted octanol–water partition coefficient (Wildman–Crippen LogP) is 0.221. The SMILES string of the molecule is CC(O)C1C(=O)N2C(C(=O)O)=C(OCCN=[N+]=[N-])CC12. The molecule has 1 saturated heterocycles. The normalized spacial score (nSPS) is 25.7. The van der Waals surface area contributed by atoms with E-state index in [1.165, 1.54) is 6.92 Å². The molecule has 0 radical (unpaired) electrons. The summed E-state index contributed by atoms with van der Waals surface area (Å²) in [7, 11) is 0. The number of β-lactam (4-membered cyclic amide) rings is 1. The van der Waals surface area contributed by atoms with Crippen molar-refractivity contribution < 1.29 is 24.5 Å². The van der Waals surface area contributed by atoms with Crippen LogP contribution in [0.3, 0.4) is 0 Å². The largest absolute Gasteiger partial charge is 0.495 e. The number of nitrogens with zero attached hydrogens (tertiary/aromatic N) is 4. The fourth-order valence-electron chi connectivity index (χ4n) is 2.61. The van der Waals surface area contributed by atoms with Crippen LogP contribution in [0, 0.1) is 5.92 Å². The van der Waals surface area contributed by atoms with Gasteiger partial charge in [0.25, 0.3) is 0 Å². The predicted molar refractivity (Wildman–Crippen MR) is 65.0 cm³/mol. The Balaban J connectivity index is 2.13. The molecular weight excluding hydrogens is 268 g/mol. The number of azide groups is 1. The maximum absolute atomic E-state index is 11.9. The summed E-state index contributed by atoms with van der Waals surface area (Å²) in [6.07, 6.45) is -0.583. The number of carboxylic acid groups (broad SMARTS) is 1. The lowest BCUT2D eigenvalue weighted by Gasteiger charge is -2.44. The smallest absolute Gasteiger partial charge is 0.356 e. The number of fused-ring (bicyclic) bond motifs is 1. The summed E-state index contributed by atoms with van der Waals surface area (Å²) in [5.74, 6) is -2.06. The highest BCUT2D eigenvalue weighted by Crippen LogP contribution is 2.43. The third kappa shape index (κ3) is 2.17. The third-order valence-corrected chi connectivity index (χ3v) is 3.42. The summed E-state index contributed by atoms with van der Waals surface area (Å²) >= 11 is 0. The summed E-state index contributed by atoms with van der Waals surface area (Å²) in [5, 5.41) is 22.0. The highest BCUT2D eigenvalue weighted by Gasteiger charge is 2.57. The zero-order valence-corrected chi connectivity index (χ0v) is 10.8. The van der Waals surface area contributed by atoms with Gasteiger partial charge in [-0.15, -0.1) is 0 Å². The number of amides is 1. The summed E-state index contributed by atoms with van der Waals surface area (Å²) in [6.45, 7) is 1.62. The van der Waals surface area contributed by atoms with E-state index in [9.17, 15) is 19.8 Å². The second kappa shape index (κ2) is 5.40. The van der Waals surface area contributed by atoms with Crippen molar-refractivity contribution in [2.75, 3.05) is 13.2 Å². The van der Waals surface area contributed by atoms with Gasteiger partial charge in [-0.1, -0.05) is 5.11 Å². The summed E-state index contributed by atoms with van der Waals surface area (Å²) in [5.41, 5.74) is 7.96. The molecule has 0 spiro atoms. The fourth-order valence-corrected chi connectivity index (χ4v) is 2.61. The molecule has 1 amide bonds. The fraction of sp³-hybridized carbons (Fsp3) is 0.636. The zero-order chi connectivity index (χ0) is 14.9. The molecule has 0 aromatic rings. The lowest BCUT2D eigenvalue weighted by atomic mass is 9.83. The van der Waals surface area contributed by atoms with Crippen molar-refractivity contribution >= 4 is 11.9 Å². The third-order valence-electron chi connectivity index (χ3n) is 3.42. The highest BCUT2D eigenvalue weighted by molar-refractivity contribution is 5.99. The second-order valence-corrected chi connectivity index (χ2v) is 4.63. The Hall–Kier alpha value is -2.25. The Morgan fingerprint density at radius 1 is 1.70 bits per heavy atom. The van der Waals surface area contributed by atoms with E-state index < -0.39 is 23.9 Å². The molecule has 0 bridgehead atoms. The molecule has 0 aromatic carbocycles. The number of aliphatic hydroxyl groups excluding tert-OH is 1. The molecule has 2 rings (SSSR count). The molecule has 2 aliphatic heterocycles. The molecule has 3 atom stereocenters. The van der Waals surface area contributed by atoms with Crippen LogP contribution in [0.15, 0.2) is 16.6 Å². The summed E-state index contributed by atoms with van der Waals surface area (Å²) in [6, 6.07) is -0.372. The minimum Gasteiger partial charge on any atom is -0.495 e. The van der Waals surface area contributed by atoms with E-state index in [0.29, 0.717) is 0 Å². The van der Waals surface area contributed by atoms with Gasteiger partial charge in [0, 0.05) is 11.3 Å². The van der Waals surface area contributed by atoms with Crippen LogP contribution in [-0.2, 0) is 14.3 Å². The molecule has 0 saturated carbocycles. The Kier molecular flexibility index (Phi) is 3.82. The quantitative estimate of drug-likeness (QED) is 0.236. The first kappa shape index (κ1) is 14.2. The molecule has 20 heavy (non-hydrogen) atoms. The van der Waals surface area contributed by atoms with E-state index in [4.69, 9.17) is 10.3 Å². The molecule has 9 nitrogen and oxygen atoms in total. The number of aliphatic hydroxyl groups is 1. The van der Waals surface area contributed by atoms with Gasteiger partial charge in [0.1, 0.15) is 5.76 Å². The highest BCUT2D eigenvalue weighted by atomic mass is 16.5. The van der Waals surface area contributed by atoms with Gasteiger partial charge in [0.2, 0.25) is 5.91 Å². The van der Waals surface area contributed by atoms with Crippen molar-refractivity contribution in [1.82, 2.24) is 4.90 Å². The average molecular weight is 282 g/mol. The first-order valence-corrected chi connectivity index (χ1v) is 6.10. The van der Waals surface area contributed by atoms with Crippen LogP contribution in [0.4, 0.5) is 0 Å². The van der Waals surface area contributed by atoms with Crippen LogP contribution in [0.2, 0.25) is 0 Å². The maximum atomic E-state index is 11.9. The van der Waals surface area contributed by atoms with E-state index in [1.54, 1.807) is 0 Å². The van der Waals surface area contributed by atoms with Gasteiger partial charge in [0.05, 0.1) is 31.2 Å². The van der Waals surface area contributed by atoms with E-state index in [2.05, 4.69) is 10.0 Å². The van der Waals surface area contributed by atoms with Crippen LogP contribution in [0.1, 0.15) is 13.3 Å². The van der Waals surface area contributed by atoms with Gasteiger partial charge in [-0.3, -0.25) is 9.69 Å². The second-order valence-electron chi connectivity index (χ2n) is 4.63. The molecule has 0 aromatic heterocycles. The number of carboxylic acids is 1. The minimum atomic E-state index is -1.25. The lowest BCUT2D eigenvalue weighted by molar-refractivity contribution is -0.161. The average Bonchev–Trinajstić information content (AvgIpc) is 2.69. The zero-order valence-electron chi connectivity index (χ0n) is 10.8. The van der Waals surface area contributed by atoms with Crippen LogP contribution < -0.4 is 0 Å². The lowest BCUT2D eigenvalue weighted by Crippen LogP contribution is -2.61. The molecule has 1 fully saturated rings. The van der Waals surface area contributed by atoms with E-state index >= 15 is 0 Å². The van der Waals surface area contributed by atoms with Gasteiger partial charge in [-0.25, -0.2) is 4.79 Å². The standard InChI is InChI=1S/C11H14N4O5/c1-5(16)8-6-4-7(20-3-2-13-14-12)9(11(18)19)15(6)10(8)17/h5-6,8,16H,2-4H2,1H3,(H,18,19). The van der Waals surface area contributed by atoms with Crippen molar-refractivity contribution in [2.45, 2.75) is 25.5 Å². The van der Waals surface area contributed by atoms with E-state index in [1.807, 2.05) is 0 Å². The molecule has 9 heteroatoms. The summed E-state index contributed by atoms with van der Waals surface area (Å²) < 4.78 is 5.29. The van der Waals surface area contributed by atoms with Crippen LogP contribution in [0.25, 0.3) is 10.4 Å². The van der Waals surface area contributed by atoms with Crippen molar-refractivity contribution in [1.29, 1.82) is 0 Å². The first-order chi connectivity index (χ1) is 9.49. The minimum absolute atomic E-state index is 0.0459. The first-order valence-electron chi connectivity index (χ1n) is 6.10. The number of hydrogen-bond donors (Lipinski definition) is 2. The monoisotopic (exact) mass is 282 g/mol. The van der Waals surface area contributed by atoms with Crippen LogP contribution in [0.5, 0.6) is 0 Å². The van der Waals surface area contributed by atoms with Crippen LogP contribution >= 0.6 is 0 Å². The molecular formula is C11H14N4O5. The molecule has 2 aliphatic rings. The van der Waals surface area contributed by atoms with Crippen molar-refractivity contribution in [3.05, 3.63) is 21.9 Å². The van der Waals surface area contributed by atoms with Crippen molar-refractivity contribution in [3.8, 4) is 0 Å². The number of hydrogen-bond acceptors (Lipinski definition) is 5. The van der Waals surface area contributed by atoms with Gasteiger partial charge < -0.3 is 14.9 Å². The van der Waals surface area contributed by atoms with E-state index in [0.717, 1.165) is 4.90 Å². The molecule has 108 valence electrons. The van der Waals surface area contributed by atoms with Gasteiger partial charge in [0.15, 0.2) is 5.70 Å². The molecule has 3 unspecified atom stereocenters. The Morgan fingerprint density at radius 3 is 2.95 bits per heavy atom. The maximum Gasteiger partial charge on any atom is 0.356 e. The Bertz CT molecular complexity index is 523. The number of carbonyl (C=O) groups excluding carboxylic acids is 1. The number of rotatable bonds is 6. The number of ether oxygens (including phenoxy) is 1. The Morgan fingerprint density at radius 2 is 2.40 bits per heavy atom. The van der Waals surface area contributed by atoms with Crippen molar-refractivity contribution in [2.24, 2.45) is 11.0 Å². The van der Waals surface area contributed by atoms with Crippen molar-refractivity contribution in [3.63, 3.8) is 0 Å². The number of carbonyl (C=O) groups is 2. The molecule has 2 N–H and O–H groups in total. The topological polar surface area (TPSA) is 136 Å². The molecule has 2 heterocycles. The van der Waals surface area contributed by atoms with Gasteiger partial charge in [-0.05, 0) is 12.5 Å². The molecule has 0 aliphatic carbocycles. The van der Waals surface area contributed by atoms with E-state index in [-0.39, 0.29) is 37.1 Å². The summed E-state index contributed by atoms with van der Waals surface area (Å²) in [4.78, 5) is 26.8. The Labute approximate surface area is 114 Å².